The Morgan fingerprint density at radius 2 is 0.694 bits per heavy atom. The first-order chi connectivity index (χ1) is 23.8. The van der Waals surface area contributed by atoms with Gasteiger partial charge in [0.05, 0.1) is 0 Å². The summed E-state index contributed by atoms with van der Waals surface area (Å²) in [5.74, 6) is -4.71. The van der Waals surface area contributed by atoms with Gasteiger partial charge in [0.15, 0.2) is 0 Å². The lowest BCUT2D eigenvalue weighted by Gasteiger charge is -2.24. The molecule has 0 unspecified atom stereocenters. The first-order valence-corrected chi connectivity index (χ1v) is 19.9. The minimum absolute atomic E-state index is 0.0861. The molecule has 0 saturated heterocycles. The van der Waals surface area contributed by atoms with Crippen LogP contribution in [0.25, 0.3) is 0 Å². The molecule has 0 bridgehead atoms. The van der Waals surface area contributed by atoms with Crippen molar-refractivity contribution in [2.75, 3.05) is 13.2 Å². The molecular weight excluding hydrogens is 620 g/mol. The monoisotopic (exact) mass is 693 g/mol. The van der Waals surface area contributed by atoms with Crippen molar-refractivity contribution in [2.24, 2.45) is 5.41 Å². The van der Waals surface area contributed by atoms with Crippen LogP contribution in [0.15, 0.2) is 24.3 Å². The van der Waals surface area contributed by atoms with Crippen molar-refractivity contribution in [3.63, 3.8) is 0 Å². The maximum absolute atomic E-state index is 12.2. The summed E-state index contributed by atoms with van der Waals surface area (Å²) in [4.78, 5) is 48.4. The molecule has 0 amide bonds. The predicted octanol–water partition coefficient (Wildman–Crippen LogP) is 11.3. The van der Waals surface area contributed by atoms with E-state index in [0.29, 0.717) is 12.8 Å². The van der Waals surface area contributed by atoms with Gasteiger partial charge >= 0.3 is 23.9 Å². The van der Waals surface area contributed by atoms with E-state index in [9.17, 15) is 29.4 Å². The molecule has 0 aliphatic heterocycles. The molecule has 0 radical (unpaired) electrons. The Labute approximate surface area is 298 Å². The third-order valence-corrected chi connectivity index (χ3v) is 9.06. The van der Waals surface area contributed by atoms with E-state index in [0.717, 1.165) is 77.0 Å². The van der Waals surface area contributed by atoms with Gasteiger partial charge in [-0.05, 0) is 64.2 Å². The molecule has 49 heavy (non-hydrogen) atoms. The zero-order valence-corrected chi connectivity index (χ0v) is 31.4. The SMILES string of the molecule is CCCCCCCCC=CCCCCCCCC(=O)OCC(COC(=O)CCCCCCCC=CCCCCCCCC)(C(=O)O)C(=O)O. The van der Waals surface area contributed by atoms with E-state index in [4.69, 9.17) is 9.47 Å². The predicted molar refractivity (Wildman–Crippen MR) is 199 cm³/mol. The summed E-state index contributed by atoms with van der Waals surface area (Å²) in [6.07, 6.45) is 38.6. The van der Waals surface area contributed by atoms with E-state index in [2.05, 4.69) is 38.2 Å². The lowest BCUT2D eigenvalue weighted by Crippen LogP contribution is -2.48. The minimum atomic E-state index is -2.53. The molecule has 0 heterocycles. The van der Waals surface area contributed by atoms with Gasteiger partial charge in [-0.2, -0.15) is 0 Å². The molecule has 0 rings (SSSR count). The van der Waals surface area contributed by atoms with Crippen LogP contribution in [0.1, 0.15) is 194 Å². The number of carboxylic acids is 2. The summed E-state index contributed by atoms with van der Waals surface area (Å²) >= 11 is 0. The van der Waals surface area contributed by atoms with E-state index < -0.39 is 42.5 Å². The van der Waals surface area contributed by atoms with Crippen LogP contribution < -0.4 is 0 Å². The maximum atomic E-state index is 12.2. The maximum Gasteiger partial charge on any atom is 0.328 e. The fourth-order valence-electron chi connectivity index (χ4n) is 5.61. The molecule has 8 heteroatoms. The van der Waals surface area contributed by atoms with Crippen molar-refractivity contribution in [1.29, 1.82) is 0 Å². The highest BCUT2D eigenvalue weighted by molar-refractivity contribution is 5.99. The van der Waals surface area contributed by atoms with Crippen LogP contribution in [0, 0.1) is 5.41 Å². The van der Waals surface area contributed by atoms with Gasteiger partial charge in [0.2, 0.25) is 5.41 Å². The molecule has 0 aromatic heterocycles. The number of carbonyl (C=O) groups excluding carboxylic acids is 2. The number of esters is 2. The van der Waals surface area contributed by atoms with E-state index in [1.165, 1.54) is 77.0 Å². The second-order valence-corrected chi connectivity index (χ2v) is 13.7. The summed E-state index contributed by atoms with van der Waals surface area (Å²) in [7, 11) is 0. The Bertz CT molecular complexity index is 822. The van der Waals surface area contributed by atoms with Gasteiger partial charge in [-0.15, -0.1) is 0 Å². The molecule has 8 nitrogen and oxygen atoms in total. The summed E-state index contributed by atoms with van der Waals surface area (Å²) in [6, 6.07) is 0. The highest BCUT2D eigenvalue weighted by atomic mass is 16.6. The second kappa shape index (κ2) is 33.8. The van der Waals surface area contributed by atoms with Gasteiger partial charge in [0.25, 0.3) is 0 Å². The number of hydrogen-bond donors (Lipinski definition) is 2. The zero-order chi connectivity index (χ0) is 36.3. The Morgan fingerprint density at radius 1 is 0.429 bits per heavy atom. The second-order valence-electron chi connectivity index (χ2n) is 13.7. The van der Waals surface area contributed by atoms with Crippen molar-refractivity contribution in [1.82, 2.24) is 0 Å². The first kappa shape index (κ1) is 46.4. The topological polar surface area (TPSA) is 127 Å². The summed E-state index contributed by atoms with van der Waals surface area (Å²) < 4.78 is 10.1. The third kappa shape index (κ3) is 27.8. The molecule has 0 aromatic carbocycles. The van der Waals surface area contributed by atoms with Gasteiger partial charge in [0, 0.05) is 12.8 Å². The molecule has 284 valence electrons. The third-order valence-electron chi connectivity index (χ3n) is 9.06. The largest absolute Gasteiger partial charge is 0.480 e. The van der Waals surface area contributed by atoms with Crippen molar-refractivity contribution in [3.8, 4) is 0 Å². The Hall–Kier alpha value is -2.64. The van der Waals surface area contributed by atoms with Crippen LogP contribution in [0.3, 0.4) is 0 Å². The van der Waals surface area contributed by atoms with Crippen molar-refractivity contribution in [2.45, 2.75) is 194 Å². The molecule has 0 aliphatic carbocycles. The van der Waals surface area contributed by atoms with Crippen LogP contribution in [0.5, 0.6) is 0 Å². The number of hydrogen-bond acceptors (Lipinski definition) is 6. The minimum Gasteiger partial charge on any atom is -0.480 e. The number of carboxylic acid groups (broad SMARTS) is 2. The average Bonchev–Trinajstić information content (AvgIpc) is 3.08. The molecule has 0 saturated carbocycles. The van der Waals surface area contributed by atoms with Crippen molar-refractivity contribution in [3.05, 3.63) is 24.3 Å². The van der Waals surface area contributed by atoms with Crippen LogP contribution in [-0.2, 0) is 28.7 Å². The highest BCUT2D eigenvalue weighted by Crippen LogP contribution is 2.22. The van der Waals surface area contributed by atoms with Crippen LogP contribution in [-0.4, -0.2) is 47.3 Å². The number of ether oxygens (including phenoxy) is 2. The van der Waals surface area contributed by atoms with E-state index in [1.54, 1.807) is 0 Å². The smallest absolute Gasteiger partial charge is 0.328 e. The number of aliphatic carboxylic acids is 2. The van der Waals surface area contributed by atoms with Gasteiger partial charge in [-0.25, -0.2) is 0 Å². The highest BCUT2D eigenvalue weighted by Gasteiger charge is 2.50. The lowest BCUT2D eigenvalue weighted by molar-refractivity contribution is -0.178. The zero-order valence-electron chi connectivity index (χ0n) is 31.4. The Morgan fingerprint density at radius 3 is 0.980 bits per heavy atom. The Kier molecular flexibility index (Phi) is 32.0. The molecular formula is C41H72O8. The van der Waals surface area contributed by atoms with Crippen molar-refractivity contribution >= 4 is 23.9 Å². The number of allylic oxidation sites excluding steroid dienone is 4. The van der Waals surface area contributed by atoms with E-state index in [-0.39, 0.29) is 12.8 Å². The number of unbranched alkanes of at least 4 members (excludes halogenated alkanes) is 22. The van der Waals surface area contributed by atoms with Gasteiger partial charge in [-0.3, -0.25) is 19.2 Å². The number of rotatable bonds is 36. The normalized spacial score (nSPS) is 11.8. The van der Waals surface area contributed by atoms with Crippen LogP contribution >= 0.6 is 0 Å². The summed E-state index contributed by atoms with van der Waals surface area (Å²) in [6.45, 7) is 2.69. The molecule has 2 N–H and O–H groups in total. The fraction of sp³-hybridized carbons (Fsp3) is 0.805. The summed E-state index contributed by atoms with van der Waals surface area (Å²) in [5.41, 5.74) is -2.53. The van der Waals surface area contributed by atoms with Gasteiger partial charge in [0.1, 0.15) is 13.2 Å². The molecule has 0 spiro atoms. The van der Waals surface area contributed by atoms with Gasteiger partial charge < -0.3 is 19.7 Å². The molecule has 0 atom stereocenters. The summed E-state index contributed by atoms with van der Waals surface area (Å²) in [5, 5.41) is 19.4. The Balaban J connectivity index is 4.06. The van der Waals surface area contributed by atoms with Gasteiger partial charge in [-0.1, -0.05) is 141 Å². The van der Waals surface area contributed by atoms with Crippen molar-refractivity contribution < 1.29 is 38.9 Å². The fourth-order valence-corrected chi connectivity index (χ4v) is 5.61. The first-order valence-electron chi connectivity index (χ1n) is 19.9. The van der Waals surface area contributed by atoms with E-state index >= 15 is 0 Å². The van der Waals surface area contributed by atoms with Crippen LogP contribution in [0.4, 0.5) is 0 Å². The molecule has 0 aromatic rings. The quantitative estimate of drug-likeness (QED) is 0.0287. The average molecular weight is 693 g/mol. The molecule has 0 fully saturated rings. The molecule has 0 aliphatic rings. The lowest BCUT2D eigenvalue weighted by atomic mass is 9.90. The van der Waals surface area contributed by atoms with Crippen LogP contribution in [0.2, 0.25) is 0 Å². The van der Waals surface area contributed by atoms with E-state index in [1.807, 2.05) is 0 Å². The standard InChI is InChI=1S/C41H72O8/c1-3-5-7-9-11-13-15-17-19-21-23-25-27-29-31-33-37(42)48-35-41(39(44)45,40(46)47)36-49-38(43)34-32-30-28-26-24-22-20-18-16-14-12-10-8-6-4-2/h17-20H,3-16,21-36H2,1-2H3,(H,44,45)(H,46,47). The number of carbonyl (C=O) groups is 4.